The van der Waals surface area contributed by atoms with Crippen molar-refractivity contribution in [3.8, 4) is 0 Å². The molecule has 1 amide bonds. The second-order valence-corrected chi connectivity index (χ2v) is 10.7. The van der Waals surface area contributed by atoms with Crippen molar-refractivity contribution in [1.29, 1.82) is 0 Å². The molecule has 2 fully saturated rings. The minimum absolute atomic E-state index is 0.0197. The summed E-state index contributed by atoms with van der Waals surface area (Å²) in [4.78, 5) is 30.2. The molecule has 0 aromatic heterocycles. The van der Waals surface area contributed by atoms with Gasteiger partial charge in [-0.2, -0.15) is 0 Å². The van der Waals surface area contributed by atoms with Gasteiger partial charge in [-0.1, -0.05) is 73.1 Å². The average Bonchev–Trinajstić information content (AvgIpc) is 3.08. The predicted molar refractivity (Wildman–Crippen MR) is 136 cm³/mol. The fraction of sp³-hybridized carbons (Fsp3) is 0.407. The van der Waals surface area contributed by atoms with Crippen LogP contribution in [0.25, 0.3) is 5.76 Å². The molecule has 0 bridgehead atoms. The number of aliphatic hydroxyl groups excluding tert-OH is 1. The largest absolute Gasteiger partial charge is 0.507 e. The molecule has 2 aliphatic heterocycles. The van der Waals surface area contributed by atoms with E-state index < -0.39 is 17.7 Å². The van der Waals surface area contributed by atoms with Gasteiger partial charge in [-0.3, -0.25) is 14.5 Å². The maximum absolute atomic E-state index is 13.2. The number of ketones is 1. The van der Waals surface area contributed by atoms with Gasteiger partial charge in [-0.25, -0.2) is 0 Å². The van der Waals surface area contributed by atoms with Crippen LogP contribution in [0.2, 0.25) is 0 Å². The Kier molecular flexibility index (Phi) is 7.26. The number of amides is 1. The van der Waals surface area contributed by atoms with Crippen LogP contribution in [0.1, 0.15) is 43.5 Å². The number of halogens is 1. The van der Waals surface area contributed by atoms with E-state index in [2.05, 4.69) is 41.6 Å². The molecular weight excluding hydrogens is 496 g/mol. The van der Waals surface area contributed by atoms with Gasteiger partial charge in [0.05, 0.1) is 24.8 Å². The molecule has 2 heterocycles. The van der Waals surface area contributed by atoms with E-state index in [9.17, 15) is 14.7 Å². The number of likely N-dealkylation sites (tertiary alicyclic amines) is 1. The van der Waals surface area contributed by atoms with Crippen molar-refractivity contribution in [2.24, 2.45) is 0 Å². The van der Waals surface area contributed by atoms with Gasteiger partial charge in [-0.15, -0.1) is 0 Å². The maximum Gasteiger partial charge on any atom is 0.295 e. The highest BCUT2D eigenvalue weighted by Gasteiger charge is 2.46. The van der Waals surface area contributed by atoms with Gasteiger partial charge in [0, 0.05) is 36.2 Å². The third-order valence-corrected chi connectivity index (χ3v) is 7.04. The number of rotatable bonds is 5. The molecule has 2 saturated heterocycles. The van der Waals surface area contributed by atoms with Crippen LogP contribution in [0.4, 0.5) is 0 Å². The summed E-state index contributed by atoms with van der Waals surface area (Å²) < 4.78 is 6.29. The molecule has 180 valence electrons. The van der Waals surface area contributed by atoms with Gasteiger partial charge in [0.2, 0.25) is 0 Å². The van der Waals surface area contributed by atoms with Crippen molar-refractivity contribution in [2.75, 3.05) is 39.4 Å². The number of aliphatic hydroxyl groups is 1. The molecule has 2 aliphatic rings. The number of benzene rings is 2. The summed E-state index contributed by atoms with van der Waals surface area (Å²) in [7, 11) is 0. The van der Waals surface area contributed by atoms with Crippen LogP contribution >= 0.6 is 15.9 Å². The molecule has 0 spiro atoms. The minimum Gasteiger partial charge on any atom is -0.507 e. The van der Waals surface area contributed by atoms with Crippen LogP contribution in [0.5, 0.6) is 0 Å². The lowest BCUT2D eigenvalue weighted by atomic mass is 9.85. The fourth-order valence-electron chi connectivity index (χ4n) is 4.46. The molecule has 1 atom stereocenters. The second kappa shape index (κ2) is 10.0. The number of ether oxygens (including phenoxy) is 1. The van der Waals surface area contributed by atoms with Gasteiger partial charge in [0.1, 0.15) is 5.76 Å². The molecule has 4 rings (SSSR count). The SMILES string of the molecule is CC(C)(C)c1ccc([C@@H]2/C(=C(\O)c3ccc(Br)cc3)C(=O)C(=O)N2CCN2CCOCC2)cc1. The van der Waals surface area contributed by atoms with Crippen molar-refractivity contribution in [3.63, 3.8) is 0 Å². The number of nitrogens with zero attached hydrogens (tertiary/aromatic N) is 2. The molecule has 2 aromatic carbocycles. The quantitative estimate of drug-likeness (QED) is 0.352. The van der Waals surface area contributed by atoms with Gasteiger partial charge in [0.25, 0.3) is 11.7 Å². The van der Waals surface area contributed by atoms with E-state index in [1.54, 1.807) is 29.2 Å². The molecule has 0 unspecified atom stereocenters. The van der Waals surface area contributed by atoms with E-state index in [0.717, 1.165) is 28.7 Å². The lowest BCUT2D eigenvalue weighted by Crippen LogP contribution is -2.42. The number of morpholine rings is 1. The Hall–Kier alpha value is -2.48. The Labute approximate surface area is 209 Å². The summed E-state index contributed by atoms with van der Waals surface area (Å²) in [6.07, 6.45) is 0. The third-order valence-electron chi connectivity index (χ3n) is 6.51. The molecule has 0 aliphatic carbocycles. The number of hydrogen-bond donors (Lipinski definition) is 1. The van der Waals surface area contributed by atoms with Crippen LogP contribution in [0.3, 0.4) is 0 Å². The molecule has 6 nitrogen and oxygen atoms in total. The monoisotopic (exact) mass is 526 g/mol. The zero-order valence-corrected chi connectivity index (χ0v) is 21.5. The molecule has 34 heavy (non-hydrogen) atoms. The molecule has 2 aromatic rings. The zero-order valence-electron chi connectivity index (χ0n) is 19.9. The summed E-state index contributed by atoms with van der Waals surface area (Å²) in [5.41, 5.74) is 2.60. The Morgan fingerprint density at radius 1 is 1.00 bits per heavy atom. The van der Waals surface area contributed by atoms with Crippen molar-refractivity contribution < 1.29 is 19.4 Å². The highest BCUT2D eigenvalue weighted by molar-refractivity contribution is 9.10. The van der Waals surface area contributed by atoms with Gasteiger partial charge in [0.15, 0.2) is 0 Å². The lowest BCUT2D eigenvalue weighted by Gasteiger charge is -2.31. The van der Waals surface area contributed by atoms with Crippen molar-refractivity contribution in [3.05, 3.63) is 75.3 Å². The van der Waals surface area contributed by atoms with Crippen molar-refractivity contribution >= 4 is 33.4 Å². The summed E-state index contributed by atoms with van der Waals surface area (Å²) in [6.45, 7) is 10.4. The van der Waals surface area contributed by atoms with E-state index in [-0.39, 0.29) is 16.7 Å². The first-order valence-corrected chi connectivity index (χ1v) is 12.4. The first-order chi connectivity index (χ1) is 16.2. The summed E-state index contributed by atoms with van der Waals surface area (Å²) in [5.74, 6) is -1.37. The number of Topliss-reactive ketones (excluding diaryl/α,β-unsaturated/α-hetero) is 1. The molecule has 0 saturated carbocycles. The topological polar surface area (TPSA) is 70.1 Å². The first-order valence-electron chi connectivity index (χ1n) is 11.6. The molecule has 1 N–H and O–H groups in total. The lowest BCUT2D eigenvalue weighted by molar-refractivity contribution is -0.140. The Morgan fingerprint density at radius 2 is 1.62 bits per heavy atom. The zero-order chi connectivity index (χ0) is 24.5. The van der Waals surface area contributed by atoms with Crippen LogP contribution in [-0.4, -0.2) is 66.0 Å². The normalized spacial score (nSPS) is 21.3. The summed E-state index contributed by atoms with van der Waals surface area (Å²) >= 11 is 3.40. The number of carbonyl (C=O) groups is 2. The van der Waals surface area contributed by atoms with Gasteiger partial charge in [-0.05, 0) is 28.7 Å². The third kappa shape index (κ3) is 5.11. The van der Waals surface area contributed by atoms with Crippen LogP contribution < -0.4 is 0 Å². The Balaban J connectivity index is 1.74. The number of carbonyl (C=O) groups excluding carboxylic acids is 2. The van der Waals surface area contributed by atoms with Crippen molar-refractivity contribution in [2.45, 2.75) is 32.2 Å². The first kappa shape index (κ1) is 24.6. The van der Waals surface area contributed by atoms with E-state index in [1.165, 1.54) is 0 Å². The van der Waals surface area contributed by atoms with Crippen LogP contribution in [-0.2, 0) is 19.7 Å². The summed E-state index contributed by atoms with van der Waals surface area (Å²) in [5, 5.41) is 11.2. The Bertz CT molecular complexity index is 1080. The molecular formula is C27H31BrN2O4. The fourth-order valence-corrected chi connectivity index (χ4v) is 4.72. The van der Waals surface area contributed by atoms with E-state index >= 15 is 0 Å². The van der Waals surface area contributed by atoms with E-state index in [4.69, 9.17) is 4.74 Å². The Morgan fingerprint density at radius 3 is 2.21 bits per heavy atom. The summed E-state index contributed by atoms with van der Waals surface area (Å²) in [6, 6.07) is 14.4. The maximum atomic E-state index is 13.2. The molecule has 0 radical (unpaired) electrons. The van der Waals surface area contributed by atoms with E-state index in [0.29, 0.717) is 31.9 Å². The smallest absolute Gasteiger partial charge is 0.295 e. The van der Waals surface area contributed by atoms with Crippen LogP contribution in [0.15, 0.2) is 58.6 Å². The highest BCUT2D eigenvalue weighted by Crippen LogP contribution is 2.40. The predicted octanol–water partition coefficient (Wildman–Crippen LogP) is 4.50. The standard InChI is InChI=1S/C27H31BrN2O4/c1-27(2,3)20-8-4-18(5-9-20)23-22(24(31)19-6-10-21(28)11-7-19)25(32)26(33)30(23)13-12-29-14-16-34-17-15-29/h4-11,23,31H,12-17H2,1-3H3/b24-22+/t23-/m1/s1. The van der Waals surface area contributed by atoms with Gasteiger partial charge < -0.3 is 14.7 Å². The van der Waals surface area contributed by atoms with Gasteiger partial charge >= 0.3 is 0 Å². The minimum atomic E-state index is -0.646. The van der Waals surface area contributed by atoms with Crippen LogP contribution in [0, 0.1) is 0 Å². The average molecular weight is 527 g/mol. The number of hydrogen-bond acceptors (Lipinski definition) is 5. The second-order valence-electron chi connectivity index (χ2n) is 9.83. The highest BCUT2D eigenvalue weighted by atomic mass is 79.9. The van der Waals surface area contributed by atoms with E-state index in [1.807, 2.05) is 24.3 Å². The molecule has 7 heteroatoms. The van der Waals surface area contributed by atoms with Crippen molar-refractivity contribution in [1.82, 2.24) is 9.80 Å².